The minimum atomic E-state index is -0.158. The van der Waals surface area contributed by atoms with Crippen LogP contribution in [0, 0.1) is 0 Å². The molecule has 0 bridgehead atoms. The lowest BCUT2D eigenvalue weighted by Gasteiger charge is -2.47. The number of hydrogen-bond donors (Lipinski definition) is 2. The van der Waals surface area contributed by atoms with E-state index < -0.39 is 0 Å². The Hall–Kier alpha value is -2.54. The highest BCUT2D eigenvalue weighted by atomic mass is 16.5. The lowest BCUT2D eigenvalue weighted by atomic mass is 9.84. The summed E-state index contributed by atoms with van der Waals surface area (Å²) < 4.78 is 7.35. The summed E-state index contributed by atoms with van der Waals surface area (Å²) in [6.45, 7) is 2.25. The van der Waals surface area contributed by atoms with Crippen LogP contribution in [0.2, 0.25) is 0 Å². The molecule has 2 aromatic rings. The highest BCUT2D eigenvalue weighted by molar-refractivity contribution is 5.91. The fraction of sp³-hybridized carbons (Fsp3) is 0.412. The van der Waals surface area contributed by atoms with Gasteiger partial charge in [-0.3, -0.25) is 5.32 Å². The smallest absolute Gasteiger partial charge is 0.323 e. The number of nitrogens with two attached hydrogens (primary N) is 1. The molecule has 7 nitrogen and oxygen atoms in total. The van der Waals surface area contributed by atoms with Crippen molar-refractivity contribution in [2.45, 2.75) is 24.9 Å². The molecular formula is C17H21N5O2. The van der Waals surface area contributed by atoms with Crippen molar-refractivity contribution in [3.8, 4) is 5.69 Å². The lowest BCUT2D eigenvalue weighted by molar-refractivity contribution is -0.168. The molecule has 0 saturated carbocycles. The maximum absolute atomic E-state index is 12.5. The molecule has 0 aliphatic carbocycles. The van der Waals surface area contributed by atoms with E-state index in [-0.39, 0.29) is 11.6 Å². The minimum Gasteiger partial charge on any atom is -0.394 e. The largest absolute Gasteiger partial charge is 0.394 e. The molecule has 0 radical (unpaired) electrons. The first-order chi connectivity index (χ1) is 11.7. The van der Waals surface area contributed by atoms with Crippen LogP contribution in [0.25, 0.3) is 5.69 Å². The fourth-order valence-corrected chi connectivity index (χ4v) is 3.28. The highest BCUT2D eigenvalue weighted by Gasteiger charge is 2.42. The number of carbonyl (C=O) groups excluding carboxylic acids is 1. The van der Waals surface area contributed by atoms with Gasteiger partial charge < -0.3 is 15.4 Å². The van der Waals surface area contributed by atoms with E-state index in [1.807, 2.05) is 30.3 Å². The van der Waals surface area contributed by atoms with Gasteiger partial charge in [-0.25, -0.2) is 9.48 Å². The number of hydrogen-bond acceptors (Lipinski definition) is 4. The number of benzene rings is 1. The summed E-state index contributed by atoms with van der Waals surface area (Å²) in [6, 6.07) is 9.50. The summed E-state index contributed by atoms with van der Waals surface area (Å²) in [7, 11) is 0. The summed E-state index contributed by atoms with van der Waals surface area (Å²) in [5, 5.41) is 7.20. The number of rotatable bonds is 2. The number of likely N-dealkylation sites (tertiary alicyclic amines) is 1. The maximum Gasteiger partial charge on any atom is 0.323 e. The molecule has 3 N–H and O–H groups in total. The lowest BCUT2D eigenvalue weighted by Crippen LogP contribution is -2.54. The van der Waals surface area contributed by atoms with Crippen molar-refractivity contribution >= 4 is 17.5 Å². The van der Waals surface area contributed by atoms with Crippen molar-refractivity contribution in [2.24, 2.45) is 0 Å². The van der Waals surface area contributed by atoms with Gasteiger partial charge in [0.15, 0.2) is 5.82 Å². The fourth-order valence-electron chi connectivity index (χ4n) is 3.28. The quantitative estimate of drug-likeness (QED) is 0.886. The average molecular weight is 327 g/mol. The number of nitrogens with zero attached hydrogens (tertiary/aromatic N) is 3. The topological polar surface area (TPSA) is 85.4 Å². The van der Waals surface area contributed by atoms with E-state index in [1.165, 1.54) is 0 Å². The molecule has 7 heteroatoms. The number of piperidine rings is 1. The van der Waals surface area contributed by atoms with Crippen molar-refractivity contribution < 1.29 is 9.53 Å². The molecule has 2 saturated heterocycles. The van der Waals surface area contributed by atoms with Gasteiger partial charge in [-0.05, 0) is 31.4 Å². The van der Waals surface area contributed by atoms with E-state index in [0.29, 0.717) is 24.6 Å². The maximum atomic E-state index is 12.5. The highest BCUT2D eigenvalue weighted by Crippen LogP contribution is 2.36. The van der Waals surface area contributed by atoms with E-state index in [1.54, 1.807) is 15.8 Å². The molecule has 2 aliphatic heterocycles. The molecule has 126 valence electrons. The Kier molecular flexibility index (Phi) is 3.65. The van der Waals surface area contributed by atoms with Crippen molar-refractivity contribution in [3.63, 3.8) is 0 Å². The van der Waals surface area contributed by atoms with Gasteiger partial charge >= 0.3 is 6.03 Å². The molecular weight excluding hydrogens is 306 g/mol. The van der Waals surface area contributed by atoms with E-state index in [2.05, 4.69) is 10.4 Å². The second-order valence-corrected chi connectivity index (χ2v) is 6.41. The number of anilines is 2. The third-order valence-electron chi connectivity index (χ3n) is 4.92. The third kappa shape index (κ3) is 2.71. The van der Waals surface area contributed by atoms with Crippen LogP contribution in [0.1, 0.15) is 19.3 Å². The number of carbonyl (C=O) groups is 1. The van der Waals surface area contributed by atoms with Crippen LogP contribution >= 0.6 is 0 Å². The number of ether oxygens (including phenoxy) is 1. The van der Waals surface area contributed by atoms with Gasteiger partial charge in [-0.2, -0.15) is 0 Å². The zero-order valence-electron chi connectivity index (χ0n) is 13.4. The van der Waals surface area contributed by atoms with Gasteiger partial charge in [0, 0.05) is 13.1 Å². The number of aromatic nitrogens is 2. The van der Waals surface area contributed by atoms with Crippen LogP contribution in [-0.4, -0.2) is 46.0 Å². The number of para-hydroxylation sites is 1. The van der Waals surface area contributed by atoms with Crippen molar-refractivity contribution in [2.75, 3.05) is 30.7 Å². The van der Waals surface area contributed by atoms with Crippen LogP contribution < -0.4 is 11.1 Å². The molecule has 24 heavy (non-hydrogen) atoms. The van der Waals surface area contributed by atoms with Gasteiger partial charge in [0.25, 0.3) is 0 Å². The zero-order valence-corrected chi connectivity index (χ0v) is 13.4. The van der Waals surface area contributed by atoms with Crippen LogP contribution in [-0.2, 0) is 4.74 Å². The molecule has 1 spiro atoms. The Morgan fingerprint density at radius 3 is 2.54 bits per heavy atom. The molecule has 2 fully saturated rings. The first-order valence-corrected chi connectivity index (χ1v) is 8.26. The van der Waals surface area contributed by atoms with Crippen molar-refractivity contribution in [1.82, 2.24) is 14.7 Å². The summed E-state index contributed by atoms with van der Waals surface area (Å²) in [6.07, 6.45) is 4.61. The van der Waals surface area contributed by atoms with Crippen molar-refractivity contribution in [3.05, 3.63) is 36.5 Å². The van der Waals surface area contributed by atoms with Gasteiger partial charge in [0.2, 0.25) is 0 Å². The Balaban J connectivity index is 1.42. The summed E-state index contributed by atoms with van der Waals surface area (Å²) in [4.78, 5) is 14.3. The Bertz CT molecular complexity index is 729. The van der Waals surface area contributed by atoms with Gasteiger partial charge in [-0.1, -0.05) is 18.2 Å². The predicted molar refractivity (Wildman–Crippen MR) is 91.1 cm³/mol. The molecule has 4 rings (SSSR count). The molecule has 0 unspecified atom stereocenters. The number of nitrogens with one attached hydrogen (secondary N) is 1. The summed E-state index contributed by atoms with van der Waals surface area (Å²) >= 11 is 0. The predicted octanol–water partition coefficient (Wildman–Crippen LogP) is 2.24. The Morgan fingerprint density at radius 2 is 1.92 bits per heavy atom. The number of urea groups is 1. The first kappa shape index (κ1) is 15.0. The van der Waals surface area contributed by atoms with Gasteiger partial charge in [-0.15, -0.1) is 5.10 Å². The van der Waals surface area contributed by atoms with E-state index in [9.17, 15) is 4.79 Å². The molecule has 1 aromatic carbocycles. The van der Waals surface area contributed by atoms with Crippen LogP contribution in [0.15, 0.2) is 36.5 Å². The molecule has 3 heterocycles. The number of nitrogen functional groups attached to an aromatic ring is 1. The molecule has 2 amide bonds. The molecule has 2 aliphatic rings. The Morgan fingerprint density at radius 1 is 1.21 bits per heavy atom. The van der Waals surface area contributed by atoms with Crippen LogP contribution in [0.4, 0.5) is 16.3 Å². The van der Waals surface area contributed by atoms with E-state index >= 15 is 0 Å². The van der Waals surface area contributed by atoms with Crippen molar-refractivity contribution in [1.29, 1.82) is 0 Å². The number of amides is 2. The monoisotopic (exact) mass is 327 g/mol. The molecule has 0 atom stereocenters. The SMILES string of the molecule is Nc1cn(-c2ccccc2)nc1NC(=O)N1CCC2(CCO2)CC1. The summed E-state index contributed by atoms with van der Waals surface area (Å²) in [5.74, 6) is 0.393. The van der Waals surface area contributed by atoms with Gasteiger partial charge in [0.05, 0.1) is 29.8 Å². The third-order valence-corrected chi connectivity index (χ3v) is 4.92. The zero-order chi connectivity index (χ0) is 16.6. The second kappa shape index (κ2) is 5.83. The van der Waals surface area contributed by atoms with E-state index in [4.69, 9.17) is 10.5 Å². The van der Waals surface area contributed by atoms with E-state index in [0.717, 1.165) is 31.6 Å². The first-order valence-electron chi connectivity index (χ1n) is 8.26. The molecule has 1 aromatic heterocycles. The minimum absolute atomic E-state index is 0.0324. The van der Waals surface area contributed by atoms with Gasteiger partial charge in [0.1, 0.15) is 0 Å². The second-order valence-electron chi connectivity index (χ2n) is 6.41. The standard InChI is InChI=1S/C17H21N5O2/c18-14-12-22(13-4-2-1-3-5-13)20-15(14)19-16(23)21-9-6-17(7-10-21)8-11-24-17/h1-5,12H,6-11,18H2,(H,19,20,23). The average Bonchev–Trinajstić information content (AvgIpc) is 2.95. The normalized spacial score (nSPS) is 19.1. The van der Waals surface area contributed by atoms with Crippen LogP contribution in [0.5, 0.6) is 0 Å². The van der Waals surface area contributed by atoms with Crippen LogP contribution in [0.3, 0.4) is 0 Å². The summed E-state index contributed by atoms with van der Waals surface area (Å²) in [5.41, 5.74) is 7.37. The Labute approximate surface area is 140 Å².